The quantitative estimate of drug-likeness (QED) is 0.859. The maximum Gasteiger partial charge on any atom is 0.205 e. The molecule has 0 aromatic carbocycles. The molecule has 3 aliphatic rings. The summed E-state index contributed by atoms with van der Waals surface area (Å²) in [7, 11) is 0. The van der Waals surface area contributed by atoms with Crippen LogP contribution in [0, 0.1) is 0 Å². The van der Waals surface area contributed by atoms with E-state index >= 15 is 0 Å². The lowest BCUT2D eigenvalue weighted by atomic mass is 10.1. The molecule has 1 aromatic heterocycles. The summed E-state index contributed by atoms with van der Waals surface area (Å²) in [5.41, 5.74) is 0. The summed E-state index contributed by atoms with van der Waals surface area (Å²) in [6, 6.07) is 0.644. The van der Waals surface area contributed by atoms with Gasteiger partial charge in [-0.25, -0.2) is 0 Å². The van der Waals surface area contributed by atoms with Gasteiger partial charge in [0.05, 0.1) is 0 Å². The third-order valence-electron chi connectivity index (χ3n) is 3.81. The zero-order valence-electron chi connectivity index (χ0n) is 10.9. The van der Waals surface area contributed by atoms with Gasteiger partial charge in [-0.3, -0.25) is 9.80 Å². The van der Waals surface area contributed by atoms with E-state index in [4.69, 9.17) is 0 Å². The molecule has 1 atom stereocenters. The second-order valence-corrected chi connectivity index (χ2v) is 6.18. The molecule has 3 aliphatic heterocycles. The van der Waals surface area contributed by atoms with Gasteiger partial charge in [-0.2, -0.15) is 0 Å². The fraction of sp³-hybridized carbons (Fsp3) is 0.833. The third-order valence-corrected chi connectivity index (χ3v) is 4.75. The van der Waals surface area contributed by atoms with Crippen LogP contribution < -0.4 is 5.32 Å². The normalized spacial score (nSPS) is 30.6. The van der Waals surface area contributed by atoms with Crippen LogP contribution in [0.25, 0.3) is 0 Å². The van der Waals surface area contributed by atoms with E-state index in [2.05, 4.69) is 32.2 Å². The molecule has 0 spiro atoms. The predicted molar refractivity (Wildman–Crippen MR) is 74.2 cm³/mol. The first kappa shape index (κ1) is 12.3. The zero-order chi connectivity index (χ0) is 12.4. The maximum atomic E-state index is 4.21. The highest BCUT2D eigenvalue weighted by atomic mass is 32.1. The summed E-state index contributed by atoms with van der Waals surface area (Å²) < 4.78 is 0. The van der Waals surface area contributed by atoms with Crippen molar-refractivity contribution in [2.75, 3.05) is 44.6 Å². The van der Waals surface area contributed by atoms with Crippen molar-refractivity contribution in [1.82, 2.24) is 20.0 Å². The highest BCUT2D eigenvalue weighted by Gasteiger charge is 2.31. The Bertz CT molecular complexity index is 386. The van der Waals surface area contributed by atoms with Gasteiger partial charge in [-0.1, -0.05) is 18.3 Å². The summed E-state index contributed by atoms with van der Waals surface area (Å²) >= 11 is 1.70. The monoisotopic (exact) mass is 267 g/mol. The van der Waals surface area contributed by atoms with Crippen molar-refractivity contribution in [3.8, 4) is 0 Å². The van der Waals surface area contributed by atoms with E-state index < -0.39 is 0 Å². The second kappa shape index (κ2) is 5.50. The van der Waals surface area contributed by atoms with Gasteiger partial charge >= 0.3 is 0 Å². The SMILES string of the molecule is CCCc1nnc(NCC2CN3CCN2CC3)s1. The Kier molecular flexibility index (Phi) is 3.77. The van der Waals surface area contributed by atoms with Gasteiger partial charge in [-0.05, 0) is 6.42 Å². The van der Waals surface area contributed by atoms with Crippen molar-refractivity contribution in [2.24, 2.45) is 0 Å². The Morgan fingerprint density at radius 2 is 2.11 bits per heavy atom. The smallest absolute Gasteiger partial charge is 0.205 e. The average Bonchev–Trinajstić information content (AvgIpc) is 2.86. The first-order valence-corrected chi connectivity index (χ1v) is 7.69. The largest absolute Gasteiger partial charge is 0.358 e. The number of anilines is 1. The lowest BCUT2D eigenvalue weighted by Gasteiger charge is -2.47. The van der Waals surface area contributed by atoms with Gasteiger partial charge in [0.1, 0.15) is 5.01 Å². The Hall–Kier alpha value is -0.720. The second-order valence-electron chi connectivity index (χ2n) is 5.12. The highest BCUT2D eigenvalue weighted by Crippen LogP contribution is 2.19. The van der Waals surface area contributed by atoms with E-state index in [0.717, 1.165) is 29.5 Å². The van der Waals surface area contributed by atoms with Crippen molar-refractivity contribution in [3.05, 3.63) is 5.01 Å². The molecular formula is C12H21N5S. The first-order valence-electron chi connectivity index (χ1n) is 6.88. The number of nitrogens with zero attached hydrogens (tertiary/aromatic N) is 4. The van der Waals surface area contributed by atoms with Gasteiger partial charge in [0.2, 0.25) is 5.13 Å². The van der Waals surface area contributed by atoms with Crippen LogP contribution in [-0.4, -0.2) is 65.3 Å². The van der Waals surface area contributed by atoms with E-state index in [0.29, 0.717) is 6.04 Å². The van der Waals surface area contributed by atoms with Gasteiger partial charge < -0.3 is 5.32 Å². The number of hydrogen-bond donors (Lipinski definition) is 1. The highest BCUT2D eigenvalue weighted by molar-refractivity contribution is 7.15. The summed E-state index contributed by atoms with van der Waals surface area (Å²) in [5, 5.41) is 14.0. The lowest BCUT2D eigenvalue weighted by Crippen LogP contribution is -2.62. The Morgan fingerprint density at radius 3 is 2.78 bits per heavy atom. The summed E-state index contributed by atoms with van der Waals surface area (Å²) in [6.07, 6.45) is 2.18. The number of aryl methyl sites for hydroxylation is 1. The van der Waals surface area contributed by atoms with Gasteiger partial charge in [0.15, 0.2) is 0 Å². The fourth-order valence-electron chi connectivity index (χ4n) is 2.76. The third kappa shape index (κ3) is 2.65. The lowest BCUT2D eigenvalue weighted by molar-refractivity contribution is 0.0189. The average molecular weight is 267 g/mol. The topological polar surface area (TPSA) is 44.3 Å². The molecule has 1 aromatic rings. The number of rotatable bonds is 5. The molecule has 100 valence electrons. The van der Waals surface area contributed by atoms with Crippen LogP contribution in [-0.2, 0) is 6.42 Å². The van der Waals surface area contributed by atoms with Crippen molar-refractivity contribution in [2.45, 2.75) is 25.8 Å². The Morgan fingerprint density at radius 1 is 1.28 bits per heavy atom. The van der Waals surface area contributed by atoms with Gasteiger partial charge in [-0.15, -0.1) is 10.2 Å². The molecule has 2 bridgehead atoms. The summed E-state index contributed by atoms with van der Waals surface area (Å²) in [4.78, 5) is 5.16. The standard InChI is InChI=1S/C12H21N5S/c1-2-3-11-14-15-12(18-11)13-8-10-9-16-4-6-17(10)7-5-16/h10H,2-9H2,1H3,(H,13,15). The van der Waals surface area contributed by atoms with Crippen molar-refractivity contribution < 1.29 is 0 Å². The van der Waals surface area contributed by atoms with Crippen molar-refractivity contribution in [1.29, 1.82) is 0 Å². The Balaban J connectivity index is 1.51. The number of fused-ring (bicyclic) bond motifs is 3. The predicted octanol–water partition coefficient (Wildman–Crippen LogP) is 0.902. The minimum atomic E-state index is 0.644. The van der Waals surface area contributed by atoms with Gasteiger partial charge in [0.25, 0.3) is 0 Å². The number of hydrogen-bond acceptors (Lipinski definition) is 6. The molecule has 0 aliphatic carbocycles. The molecule has 1 N–H and O–H groups in total. The van der Waals surface area contributed by atoms with Crippen LogP contribution in [0.5, 0.6) is 0 Å². The molecule has 5 nitrogen and oxygen atoms in total. The minimum Gasteiger partial charge on any atom is -0.358 e. The van der Waals surface area contributed by atoms with Crippen LogP contribution in [0.2, 0.25) is 0 Å². The van der Waals surface area contributed by atoms with Gasteiger partial charge in [0, 0.05) is 51.7 Å². The molecule has 1 unspecified atom stereocenters. The molecule has 4 heterocycles. The molecule has 4 rings (SSSR count). The summed E-state index contributed by atoms with van der Waals surface area (Å²) in [6.45, 7) is 9.32. The minimum absolute atomic E-state index is 0.644. The van der Waals surface area contributed by atoms with Crippen LogP contribution in [0.3, 0.4) is 0 Å². The molecule has 0 saturated carbocycles. The fourth-order valence-corrected chi connectivity index (χ4v) is 3.61. The van der Waals surface area contributed by atoms with Crippen LogP contribution in [0.4, 0.5) is 5.13 Å². The van der Waals surface area contributed by atoms with E-state index in [1.54, 1.807) is 11.3 Å². The molecule has 18 heavy (non-hydrogen) atoms. The number of aromatic nitrogens is 2. The first-order chi connectivity index (χ1) is 8.85. The van der Waals surface area contributed by atoms with Crippen LogP contribution in [0.15, 0.2) is 0 Å². The van der Waals surface area contributed by atoms with Crippen LogP contribution in [0.1, 0.15) is 18.4 Å². The van der Waals surface area contributed by atoms with Crippen LogP contribution >= 0.6 is 11.3 Å². The molecule has 0 amide bonds. The van der Waals surface area contributed by atoms with E-state index in [-0.39, 0.29) is 0 Å². The number of nitrogens with one attached hydrogen (secondary N) is 1. The molecule has 6 heteroatoms. The van der Waals surface area contributed by atoms with Crippen molar-refractivity contribution in [3.63, 3.8) is 0 Å². The van der Waals surface area contributed by atoms with Crippen molar-refractivity contribution >= 4 is 16.5 Å². The van der Waals surface area contributed by atoms with E-state index in [1.165, 1.54) is 32.7 Å². The molecule has 0 radical (unpaired) electrons. The zero-order valence-corrected chi connectivity index (χ0v) is 11.7. The summed E-state index contributed by atoms with van der Waals surface area (Å²) in [5.74, 6) is 0. The maximum absolute atomic E-state index is 4.21. The molecule has 3 saturated heterocycles. The van der Waals surface area contributed by atoms with E-state index in [1.807, 2.05) is 0 Å². The molecule has 3 fully saturated rings. The Labute approximate surface area is 112 Å². The number of piperazine rings is 3. The van der Waals surface area contributed by atoms with E-state index in [9.17, 15) is 0 Å². The molecular weight excluding hydrogens is 246 g/mol.